The Morgan fingerprint density at radius 1 is 1.29 bits per heavy atom. The largest absolute Gasteiger partial charge is 0.397 e. The van der Waals surface area contributed by atoms with Crippen molar-refractivity contribution in [3.8, 4) is 0 Å². The summed E-state index contributed by atoms with van der Waals surface area (Å²) < 4.78 is 0. The first-order chi connectivity index (χ1) is 8.13. The number of thiophene rings is 1. The second-order valence-corrected chi connectivity index (χ2v) is 5.16. The van der Waals surface area contributed by atoms with Crippen molar-refractivity contribution in [2.45, 2.75) is 40.0 Å². The zero-order chi connectivity index (χ0) is 12.8. The topological polar surface area (TPSA) is 46.3 Å². The fraction of sp³-hybridized carbons (Fsp3) is 0.615. The third-order valence-electron chi connectivity index (χ3n) is 2.62. The second-order valence-electron chi connectivity index (χ2n) is 4.13. The maximum Gasteiger partial charge on any atom is 0.174 e. The highest BCUT2D eigenvalue weighted by Gasteiger charge is 2.15. The maximum atomic E-state index is 11.7. The van der Waals surface area contributed by atoms with Gasteiger partial charge in [0.05, 0.1) is 15.6 Å². The van der Waals surface area contributed by atoms with Gasteiger partial charge in [-0.3, -0.25) is 4.79 Å². The quantitative estimate of drug-likeness (QED) is 0.757. The van der Waals surface area contributed by atoms with Crippen molar-refractivity contribution in [3.63, 3.8) is 0 Å². The molecule has 0 radical (unpaired) electrons. The van der Waals surface area contributed by atoms with Crippen molar-refractivity contribution in [3.05, 3.63) is 10.9 Å². The van der Waals surface area contributed by atoms with Gasteiger partial charge in [0, 0.05) is 19.5 Å². The average molecular weight is 254 g/mol. The Bertz CT molecular complexity index is 367. The summed E-state index contributed by atoms with van der Waals surface area (Å²) >= 11 is 1.53. The Kier molecular flexibility index (Phi) is 5.48. The van der Waals surface area contributed by atoms with E-state index in [0.29, 0.717) is 12.1 Å². The molecule has 0 unspecified atom stereocenters. The summed E-state index contributed by atoms with van der Waals surface area (Å²) in [6.45, 7) is 8.24. The highest BCUT2D eigenvalue weighted by atomic mass is 32.1. The Morgan fingerprint density at radius 2 is 1.88 bits per heavy atom. The van der Waals surface area contributed by atoms with E-state index in [9.17, 15) is 4.79 Å². The van der Waals surface area contributed by atoms with E-state index in [1.807, 2.05) is 13.0 Å². The van der Waals surface area contributed by atoms with Crippen LogP contribution in [0.3, 0.4) is 0 Å². The number of hydrogen-bond acceptors (Lipinski definition) is 4. The Morgan fingerprint density at radius 3 is 2.35 bits per heavy atom. The molecule has 0 aliphatic heterocycles. The number of rotatable bonds is 7. The van der Waals surface area contributed by atoms with E-state index >= 15 is 0 Å². The first-order valence-electron chi connectivity index (χ1n) is 6.31. The van der Waals surface area contributed by atoms with Crippen molar-refractivity contribution in [1.82, 2.24) is 0 Å². The van der Waals surface area contributed by atoms with Crippen molar-refractivity contribution >= 4 is 27.8 Å². The molecule has 0 aliphatic carbocycles. The minimum atomic E-state index is 0.145. The highest BCUT2D eigenvalue weighted by Crippen LogP contribution is 2.33. The Balaban J connectivity index is 2.93. The molecular formula is C13H22N2OS. The van der Waals surface area contributed by atoms with E-state index in [0.717, 1.165) is 35.8 Å². The summed E-state index contributed by atoms with van der Waals surface area (Å²) in [5.74, 6) is 0.145. The second kappa shape index (κ2) is 6.64. The molecule has 0 saturated heterocycles. The molecule has 1 aromatic heterocycles. The zero-order valence-electron chi connectivity index (χ0n) is 11.0. The number of anilines is 2. The third-order valence-corrected chi connectivity index (χ3v) is 3.87. The van der Waals surface area contributed by atoms with Crippen LogP contribution >= 0.6 is 11.3 Å². The van der Waals surface area contributed by atoms with Crippen LogP contribution in [0.1, 0.15) is 49.7 Å². The van der Waals surface area contributed by atoms with Gasteiger partial charge in [0.15, 0.2) is 5.78 Å². The van der Waals surface area contributed by atoms with Gasteiger partial charge in [0.2, 0.25) is 0 Å². The molecule has 4 heteroatoms. The van der Waals surface area contributed by atoms with Crippen LogP contribution < -0.4 is 10.6 Å². The van der Waals surface area contributed by atoms with E-state index in [1.54, 1.807) is 0 Å². The molecule has 0 fully saturated rings. The number of nitrogens with zero attached hydrogens (tertiary/aromatic N) is 1. The van der Waals surface area contributed by atoms with Crippen LogP contribution in [0, 0.1) is 0 Å². The summed E-state index contributed by atoms with van der Waals surface area (Å²) in [5, 5.41) is 1.13. The molecule has 0 amide bonds. The molecular weight excluding hydrogens is 232 g/mol. The molecule has 1 aromatic rings. The molecule has 0 spiro atoms. The van der Waals surface area contributed by atoms with Crippen molar-refractivity contribution in [2.24, 2.45) is 0 Å². The lowest BCUT2D eigenvalue weighted by Crippen LogP contribution is -2.23. The fourth-order valence-corrected chi connectivity index (χ4v) is 2.94. The zero-order valence-corrected chi connectivity index (χ0v) is 11.8. The molecule has 3 nitrogen and oxygen atoms in total. The van der Waals surface area contributed by atoms with Crippen LogP contribution in [0.15, 0.2) is 6.07 Å². The molecule has 0 aliphatic rings. The minimum Gasteiger partial charge on any atom is -0.397 e. The number of carbonyl (C=O) groups is 1. The molecule has 0 aromatic carbocycles. The van der Waals surface area contributed by atoms with E-state index in [2.05, 4.69) is 18.7 Å². The van der Waals surface area contributed by atoms with E-state index in [1.165, 1.54) is 11.3 Å². The summed E-state index contributed by atoms with van der Waals surface area (Å²) in [5.41, 5.74) is 6.54. The van der Waals surface area contributed by atoms with Crippen molar-refractivity contribution < 1.29 is 4.79 Å². The van der Waals surface area contributed by atoms with Crippen LogP contribution in [0.5, 0.6) is 0 Å². The van der Waals surface area contributed by atoms with E-state index in [-0.39, 0.29) is 5.78 Å². The van der Waals surface area contributed by atoms with Gasteiger partial charge in [-0.2, -0.15) is 0 Å². The molecule has 17 heavy (non-hydrogen) atoms. The van der Waals surface area contributed by atoms with Gasteiger partial charge in [-0.25, -0.2) is 0 Å². The molecule has 0 atom stereocenters. The Labute approximate surface area is 108 Å². The van der Waals surface area contributed by atoms with Gasteiger partial charge in [-0.1, -0.05) is 20.8 Å². The Hall–Kier alpha value is -1.03. The normalized spacial score (nSPS) is 10.5. The van der Waals surface area contributed by atoms with Crippen LogP contribution in [0.2, 0.25) is 0 Å². The summed E-state index contributed by atoms with van der Waals surface area (Å²) in [7, 11) is 0. The average Bonchev–Trinajstić information content (AvgIpc) is 2.70. The van der Waals surface area contributed by atoms with Crippen molar-refractivity contribution in [1.29, 1.82) is 0 Å². The first kappa shape index (κ1) is 14.0. The standard InChI is InChI=1S/C13H22N2OS/c1-4-7-15(8-5-2)12-9-10(14)13(17-12)11(16)6-3/h9H,4-8,14H2,1-3H3. The SMILES string of the molecule is CCCN(CCC)c1cc(N)c(C(=O)CC)s1. The lowest BCUT2D eigenvalue weighted by molar-refractivity contribution is 0.0993. The van der Waals surface area contributed by atoms with Gasteiger partial charge in [0.1, 0.15) is 0 Å². The minimum absolute atomic E-state index is 0.145. The maximum absolute atomic E-state index is 11.7. The predicted molar refractivity (Wildman–Crippen MR) is 76.1 cm³/mol. The summed E-state index contributed by atoms with van der Waals surface area (Å²) in [4.78, 5) is 14.7. The summed E-state index contributed by atoms with van der Waals surface area (Å²) in [6.07, 6.45) is 2.73. The lowest BCUT2D eigenvalue weighted by Gasteiger charge is -2.21. The predicted octanol–water partition coefficient (Wildman–Crippen LogP) is 3.55. The lowest BCUT2D eigenvalue weighted by atomic mass is 10.2. The highest BCUT2D eigenvalue weighted by molar-refractivity contribution is 7.18. The molecule has 1 rings (SSSR count). The van der Waals surface area contributed by atoms with Crippen molar-refractivity contribution in [2.75, 3.05) is 23.7 Å². The van der Waals surface area contributed by atoms with Gasteiger partial charge in [-0.05, 0) is 18.9 Å². The molecule has 1 heterocycles. The number of nitrogen functional groups attached to an aromatic ring is 1. The monoisotopic (exact) mass is 254 g/mol. The number of hydrogen-bond donors (Lipinski definition) is 1. The van der Waals surface area contributed by atoms with Gasteiger partial charge in [-0.15, -0.1) is 11.3 Å². The van der Waals surface area contributed by atoms with Crippen LogP contribution in [0.25, 0.3) is 0 Å². The van der Waals surface area contributed by atoms with Crippen LogP contribution in [-0.4, -0.2) is 18.9 Å². The van der Waals surface area contributed by atoms with E-state index in [4.69, 9.17) is 5.73 Å². The third kappa shape index (κ3) is 3.46. The van der Waals surface area contributed by atoms with Gasteiger partial charge < -0.3 is 10.6 Å². The molecule has 0 bridgehead atoms. The smallest absolute Gasteiger partial charge is 0.174 e. The number of carbonyl (C=O) groups excluding carboxylic acids is 1. The molecule has 2 N–H and O–H groups in total. The first-order valence-corrected chi connectivity index (χ1v) is 7.13. The van der Waals surface area contributed by atoms with Crippen LogP contribution in [-0.2, 0) is 0 Å². The van der Waals surface area contributed by atoms with Gasteiger partial charge in [0.25, 0.3) is 0 Å². The fourth-order valence-electron chi connectivity index (χ4n) is 1.80. The number of nitrogens with two attached hydrogens (primary N) is 1. The number of ketones is 1. The number of Topliss-reactive ketones (excluding diaryl/α,β-unsaturated/α-hetero) is 1. The van der Waals surface area contributed by atoms with E-state index < -0.39 is 0 Å². The molecule has 0 saturated carbocycles. The van der Waals surface area contributed by atoms with Crippen LogP contribution in [0.4, 0.5) is 10.7 Å². The summed E-state index contributed by atoms with van der Waals surface area (Å²) in [6, 6.07) is 1.94. The van der Waals surface area contributed by atoms with Gasteiger partial charge >= 0.3 is 0 Å². The molecule has 96 valence electrons.